The van der Waals surface area contributed by atoms with Gasteiger partial charge in [0.15, 0.2) is 0 Å². The van der Waals surface area contributed by atoms with E-state index in [0.717, 1.165) is 24.0 Å². The van der Waals surface area contributed by atoms with Crippen LogP contribution in [0.25, 0.3) is 22.4 Å². The molecule has 2 saturated heterocycles. The first-order valence-corrected chi connectivity index (χ1v) is 9.73. The fourth-order valence-electron chi connectivity index (χ4n) is 4.30. The zero-order valence-corrected chi connectivity index (χ0v) is 15.7. The van der Waals surface area contributed by atoms with Gasteiger partial charge in [0.2, 0.25) is 5.88 Å². The van der Waals surface area contributed by atoms with Gasteiger partial charge in [0.25, 0.3) is 0 Å². The van der Waals surface area contributed by atoms with Gasteiger partial charge < -0.3 is 15.2 Å². The number of nitrogens with one attached hydrogen (secondary N) is 1. The van der Waals surface area contributed by atoms with Crippen molar-refractivity contribution in [1.82, 2.24) is 25.3 Å². The molecule has 0 amide bonds. The molecule has 0 saturated carbocycles. The van der Waals surface area contributed by atoms with Crippen molar-refractivity contribution in [3.63, 3.8) is 0 Å². The number of aromatic hydroxyl groups is 1. The van der Waals surface area contributed by atoms with E-state index in [-0.39, 0.29) is 11.9 Å². The molecule has 2 aliphatic heterocycles. The van der Waals surface area contributed by atoms with E-state index in [2.05, 4.69) is 20.6 Å². The van der Waals surface area contributed by atoms with Crippen LogP contribution in [0, 0.1) is 0 Å². The number of hydrogen-bond donors (Lipinski definition) is 2. The number of ether oxygens (including phenoxy) is 1. The van der Waals surface area contributed by atoms with Crippen molar-refractivity contribution >= 4 is 0 Å². The number of aromatic nitrogens is 4. The highest BCUT2D eigenvalue weighted by molar-refractivity contribution is 5.73. The fraction of sp³-hybridized carbons (Fsp3) is 0.381. The number of phenolic OH excluding ortho intramolecular Hbond substituents is 1. The molecule has 2 N–H and O–H groups in total. The van der Waals surface area contributed by atoms with Gasteiger partial charge in [0.05, 0.1) is 11.9 Å². The molecule has 5 rings (SSSR count). The topological polar surface area (TPSA) is 85.1 Å². The summed E-state index contributed by atoms with van der Waals surface area (Å²) in [4.78, 5) is 0. The summed E-state index contributed by atoms with van der Waals surface area (Å²) in [5.74, 6) is 0.709. The standard InChI is InChI=1S/C21H23N5O2/c1-26-12-14(11-22-26)13-2-5-18(20(27)8-13)19-6-7-21(25-24-19)28-17-9-15-3-4-16(10-17)23-15/h2,5-8,11-12,15-17,23,27H,3-4,9-10H2,1H3/t15-,16?,17-/m0/s1. The number of phenols is 1. The average molecular weight is 377 g/mol. The molecule has 7 nitrogen and oxygen atoms in total. The highest BCUT2D eigenvalue weighted by Gasteiger charge is 2.34. The molecule has 0 radical (unpaired) electrons. The first-order valence-electron chi connectivity index (χ1n) is 9.73. The van der Waals surface area contributed by atoms with Crippen molar-refractivity contribution in [2.45, 2.75) is 43.9 Å². The van der Waals surface area contributed by atoms with Gasteiger partial charge in [0.1, 0.15) is 11.9 Å². The minimum absolute atomic E-state index is 0.166. The largest absolute Gasteiger partial charge is 0.507 e. The summed E-state index contributed by atoms with van der Waals surface area (Å²) in [5, 5.41) is 26.8. The van der Waals surface area contributed by atoms with Crippen LogP contribution in [-0.4, -0.2) is 43.3 Å². The summed E-state index contributed by atoms with van der Waals surface area (Å²) in [6, 6.07) is 10.4. The third-order valence-corrected chi connectivity index (χ3v) is 5.67. The molecule has 1 unspecified atom stereocenters. The molecule has 3 atom stereocenters. The second kappa shape index (κ2) is 6.91. The van der Waals surface area contributed by atoms with Crippen molar-refractivity contribution < 1.29 is 9.84 Å². The number of benzene rings is 1. The van der Waals surface area contributed by atoms with Gasteiger partial charge in [0, 0.05) is 42.5 Å². The summed E-state index contributed by atoms with van der Waals surface area (Å²) in [5.41, 5.74) is 3.12. The molecule has 3 aromatic rings. The highest BCUT2D eigenvalue weighted by atomic mass is 16.5. The molecule has 2 aromatic heterocycles. The predicted molar refractivity (Wildman–Crippen MR) is 105 cm³/mol. The van der Waals surface area contributed by atoms with Crippen LogP contribution in [0.4, 0.5) is 0 Å². The molecule has 2 bridgehead atoms. The van der Waals surface area contributed by atoms with Gasteiger partial charge in [-0.1, -0.05) is 6.07 Å². The Morgan fingerprint density at radius 2 is 1.89 bits per heavy atom. The first kappa shape index (κ1) is 17.2. The van der Waals surface area contributed by atoms with Gasteiger partial charge in [-0.3, -0.25) is 4.68 Å². The van der Waals surface area contributed by atoms with E-state index in [1.807, 2.05) is 37.5 Å². The molecular formula is C21H23N5O2. The molecule has 1 aromatic carbocycles. The van der Waals surface area contributed by atoms with E-state index in [4.69, 9.17) is 4.74 Å². The Morgan fingerprint density at radius 1 is 1.07 bits per heavy atom. The van der Waals surface area contributed by atoms with Crippen molar-refractivity contribution in [3.8, 4) is 34.0 Å². The molecule has 144 valence electrons. The summed E-state index contributed by atoms with van der Waals surface area (Å²) >= 11 is 0. The minimum Gasteiger partial charge on any atom is -0.507 e. The van der Waals surface area contributed by atoms with Crippen LogP contribution in [0.3, 0.4) is 0 Å². The highest BCUT2D eigenvalue weighted by Crippen LogP contribution is 2.33. The van der Waals surface area contributed by atoms with Crippen LogP contribution >= 0.6 is 0 Å². The van der Waals surface area contributed by atoms with E-state index >= 15 is 0 Å². The summed E-state index contributed by atoms with van der Waals surface area (Å²) in [6.45, 7) is 0. The van der Waals surface area contributed by atoms with Crippen LogP contribution in [0.15, 0.2) is 42.7 Å². The number of hydrogen-bond acceptors (Lipinski definition) is 6. The lowest BCUT2D eigenvalue weighted by Crippen LogP contribution is -2.42. The third kappa shape index (κ3) is 3.33. The Kier molecular flexibility index (Phi) is 4.24. The van der Waals surface area contributed by atoms with Crippen molar-refractivity contribution in [2.24, 2.45) is 7.05 Å². The maximum Gasteiger partial charge on any atom is 0.233 e. The van der Waals surface area contributed by atoms with E-state index in [1.165, 1.54) is 12.8 Å². The molecule has 28 heavy (non-hydrogen) atoms. The number of rotatable bonds is 4. The van der Waals surface area contributed by atoms with Gasteiger partial charge in [-0.15, -0.1) is 10.2 Å². The van der Waals surface area contributed by atoms with Crippen LogP contribution in [0.5, 0.6) is 11.6 Å². The lowest BCUT2D eigenvalue weighted by atomic mass is 10.0. The quantitative estimate of drug-likeness (QED) is 0.727. The van der Waals surface area contributed by atoms with Gasteiger partial charge in [-0.05, 0) is 49.4 Å². The summed E-state index contributed by atoms with van der Waals surface area (Å²) in [7, 11) is 1.87. The lowest BCUT2D eigenvalue weighted by Gasteiger charge is -2.28. The second-order valence-electron chi connectivity index (χ2n) is 7.74. The Bertz CT molecular complexity index is 973. The van der Waals surface area contributed by atoms with Crippen molar-refractivity contribution in [2.75, 3.05) is 0 Å². The molecule has 0 spiro atoms. The monoisotopic (exact) mass is 377 g/mol. The van der Waals surface area contributed by atoms with Crippen LogP contribution in [-0.2, 0) is 7.05 Å². The van der Waals surface area contributed by atoms with E-state index in [0.29, 0.717) is 29.2 Å². The minimum atomic E-state index is 0.166. The van der Waals surface area contributed by atoms with E-state index < -0.39 is 0 Å². The predicted octanol–water partition coefficient (Wildman–Crippen LogP) is 2.91. The molecule has 0 aliphatic carbocycles. The first-order chi connectivity index (χ1) is 13.6. The maximum absolute atomic E-state index is 10.5. The summed E-state index contributed by atoms with van der Waals surface area (Å²) in [6.07, 6.45) is 8.41. The zero-order chi connectivity index (χ0) is 19.1. The number of nitrogens with zero attached hydrogens (tertiary/aromatic N) is 4. The molecule has 4 heterocycles. The summed E-state index contributed by atoms with van der Waals surface area (Å²) < 4.78 is 7.79. The molecule has 2 fully saturated rings. The van der Waals surface area contributed by atoms with Gasteiger partial charge >= 0.3 is 0 Å². The lowest BCUT2D eigenvalue weighted by molar-refractivity contribution is 0.130. The van der Waals surface area contributed by atoms with Crippen molar-refractivity contribution in [1.29, 1.82) is 0 Å². The van der Waals surface area contributed by atoms with Gasteiger partial charge in [-0.25, -0.2) is 0 Å². The molecular weight excluding hydrogens is 354 g/mol. The van der Waals surface area contributed by atoms with E-state index in [9.17, 15) is 5.11 Å². The third-order valence-electron chi connectivity index (χ3n) is 5.67. The number of fused-ring (bicyclic) bond motifs is 2. The Morgan fingerprint density at radius 3 is 2.54 bits per heavy atom. The van der Waals surface area contributed by atoms with E-state index in [1.54, 1.807) is 16.9 Å². The second-order valence-corrected chi connectivity index (χ2v) is 7.74. The SMILES string of the molecule is Cn1cc(-c2ccc(-c3ccc(O[C@@H]4CC5CC[C@@H](C4)N5)nn3)c(O)c2)cn1. The van der Waals surface area contributed by atoms with Crippen LogP contribution in [0.1, 0.15) is 25.7 Å². The number of aryl methyl sites for hydroxylation is 1. The van der Waals surface area contributed by atoms with Crippen molar-refractivity contribution in [3.05, 3.63) is 42.7 Å². The van der Waals surface area contributed by atoms with Crippen LogP contribution in [0.2, 0.25) is 0 Å². The Hall–Kier alpha value is -2.93. The fourth-order valence-corrected chi connectivity index (χ4v) is 4.30. The normalized spacial score (nSPS) is 23.7. The maximum atomic E-state index is 10.5. The van der Waals surface area contributed by atoms with Gasteiger partial charge in [-0.2, -0.15) is 5.10 Å². The van der Waals surface area contributed by atoms with Crippen LogP contribution < -0.4 is 10.1 Å². The Balaban J connectivity index is 1.31. The Labute approximate surface area is 163 Å². The molecule has 2 aliphatic rings. The molecule has 7 heteroatoms. The average Bonchev–Trinajstić information content (AvgIpc) is 3.27. The number of piperidine rings is 1. The smallest absolute Gasteiger partial charge is 0.233 e. The zero-order valence-electron chi connectivity index (χ0n) is 15.7.